The van der Waals surface area contributed by atoms with Crippen LogP contribution >= 0.6 is 35.6 Å². The molecule has 0 bridgehead atoms. The van der Waals surface area contributed by atoms with Crippen molar-refractivity contribution in [3.8, 4) is 5.75 Å². The van der Waals surface area contributed by atoms with E-state index in [4.69, 9.17) is 27.9 Å². The largest absolute Gasteiger partial charge is 0.489 e. The second-order valence-electron chi connectivity index (χ2n) is 6.95. The predicted molar refractivity (Wildman–Crippen MR) is 128 cm³/mol. The van der Waals surface area contributed by atoms with E-state index < -0.39 is 0 Å². The Hall–Kier alpha value is -2.17. The van der Waals surface area contributed by atoms with Crippen LogP contribution in [0.1, 0.15) is 16.7 Å². The van der Waals surface area contributed by atoms with Gasteiger partial charge in [-0.25, -0.2) is 0 Å². The standard InChI is InChI=1S/C24H22Cl2N2O.ClH/c25-20-7-5-17(6-8-20)16-29-24-10-9-21(26)13-19(24)14-27-12-11-18-15-28-23-4-2-1-3-22(18)23;/h1-10,13,15,27-28H,11-12,14,16H2;1H. The number of ether oxygens (including phenoxy) is 1. The Bertz CT molecular complexity index is 1090. The van der Waals surface area contributed by atoms with Crippen molar-refractivity contribution in [2.24, 2.45) is 0 Å². The van der Waals surface area contributed by atoms with Crippen LogP contribution in [-0.4, -0.2) is 11.5 Å². The first kappa shape index (κ1) is 22.5. The van der Waals surface area contributed by atoms with Gasteiger partial charge < -0.3 is 15.0 Å². The number of aromatic nitrogens is 1. The Morgan fingerprint density at radius 3 is 2.47 bits per heavy atom. The molecule has 6 heteroatoms. The third-order valence-electron chi connectivity index (χ3n) is 4.89. The van der Waals surface area contributed by atoms with Crippen molar-refractivity contribution in [2.45, 2.75) is 19.6 Å². The predicted octanol–water partition coefficient (Wildman–Crippen LogP) is 6.81. The van der Waals surface area contributed by atoms with E-state index >= 15 is 0 Å². The normalized spacial score (nSPS) is 10.7. The molecule has 0 aliphatic rings. The van der Waals surface area contributed by atoms with Gasteiger partial charge in [0.2, 0.25) is 0 Å². The summed E-state index contributed by atoms with van der Waals surface area (Å²) in [7, 11) is 0. The number of para-hydroxylation sites is 1. The minimum absolute atomic E-state index is 0. The number of benzene rings is 3. The molecule has 0 aliphatic carbocycles. The summed E-state index contributed by atoms with van der Waals surface area (Å²) in [5, 5.41) is 6.22. The van der Waals surface area contributed by atoms with E-state index in [-0.39, 0.29) is 12.4 Å². The van der Waals surface area contributed by atoms with Gasteiger partial charge in [0.15, 0.2) is 0 Å². The first-order valence-corrected chi connectivity index (χ1v) is 10.4. The number of rotatable bonds is 8. The van der Waals surface area contributed by atoms with Crippen LogP contribution < -0.4 is 10.1 Å². The number of hydrogen-bond acceptors (Lipinski definition) is 2. The van der Waals surface area contributed by atoms with Gasteiger partial charge in [0.25, 0.3) is 0 Å². The topological polar surface area (TPSA) is 37.0 Å². The number of hydrogen-bond donors (Lipinski definition) is 2. The third kappa shape index (κ3) is 5.71. The fourth-order valence-corrected chi connectivity index (χ4v) is 3.67. The number of fused-ring (bicyclic) bond motifs is 1. The lowest BCUT2D eigenvalue weighted by atomic mass is 10.1. The summed E-state index contributed by atoms with van der Waals surface area (Å²) >= 11 is 12.2. The molecule has 0 aliphatic heterocycles. The van der Waals surface area contributed by atoms with Crippen LogP contribution in [0.25, 0.3) is 10.9 Å². The molecule has 0 radical (unpaired) electrons. The molecular weight excluding hydrogens is 439 g/mol. The highest BCUT2D eigenvalue weighted by Gasteiger charge is 2.07. The molecule has 0 saturated carbocycles. The molecule has 156 valence electrons. The lowest BCUT2D eigenvalue weighted by Gasteiger charge is -2.13. The van der Waals surface area contributed by atoms with Crippen molar-refractivity contribution in [2.75, 3.05) is 6.54 Å². The number of H-pyrrole nitrogens is 1. The molecule has 3 aromatic carbocycles. The van der Waals surface area contributed by atoms with Crippen molar-refractivity contribution in [3.05, 3.63) is 99.7 Å². The molecule has 0 fully saturated rings. The molecule has 4 aromatic rings. The smallest absolute Gasteiger partial charge is 0.124 e. The zero-order valence-corrected chi connectivity index (χ0v) is 18.7. The second-order valence-corrected chi connectivity index (χ2v) is 7.83. The summed E-state index contributed by atoms with van der Waals surface area (Å²) < 4.78 is 6.03. The molecular formula is C24H23Cl3N2O. The zero-order chi connectivity index (χ0) is 20.1. The summed E-state index contributed by atoms with van der Waals surface area (Å²) in [6.45, 7) is 2.05. The third-order valence-corrected chi connectivity index (χ3v) is 5.38. The SMILES string of the molecule is Cl.Clc1ccc(COc2ccc(Cl)cc2CNCCc2c[nH]c3ccccc23)cc1. The van der Waals surface area contributed by atoms with Crippen molar-refractivity contribution in [1.29, 1.82) is 0 Å². The van der Waals surface area contributed by atoms with Gasteiger partial charge in [-0.05, 0) is 60.5 Å². The van der Waals surface area contributed by atoms with Crippen LogP contribution in [0.3, 0.4) is 0 Å². The highest BCUT2D eigenvalue weighted by atomic mass is 35.5. The minimum atomic E-state index is 0. The molecule has 30 heavy (non-hydrogen) atoms. The van der Waals surface area contributed by atoms with Crippen molar-refractivity contribution in [1.82, 2.24) is 10.3 Å². The van der Waals surface area contributed by atoms with E-state index in [9.17, 15) is 0 Å². The van der Waals surface area contributed by atoms with Crippen molar-refractivity contribution < 1.29 is 4.74 Å². The maximum atomic E-state index is 6.21. The lowest BCUT2D eigenvalue weighted by molar-refractivity contribution is 0.302. The van der Waals surface area contributed by atoms with Gasteiger partial charge in [-0.3, -0.25) is 0 Å². The molecule has 0 atom stereocenters. The Labute approximate surface area is 192 Å². The van der Waals surface area contributed by atoms with Gasteiger partial charge in [0.1, 0.15) is 12.4 Å². The molecule has 0 saturated heterocycles. The van der Waals surface area contributed by atoms with Crippen molar-refractivity contribution >= 4 is 46.5 Å². The summed E-state index contributed by atoms with van der Waals surface area (Å²) in [4.78, 5) is 3.33. The maximum absolute atomic E-state index is 6.21. The molecule has 2 N–H and O–H groups in total. The average Bonchev–Trinajstić information content (AvgIpc) is 3.15. The summed E-state index contributed by atoms with van der Waals surface area (Å²) in [6.07, 6.45) is 3.04. The molecule has 0 unspecified atom stereocenters. The molecule has 1 aromatic heterocycles. The molecule has 1 heterocycles. The summed E-state index contributed by atoms with van der Waals surface area (Å²) in [5.74, 6) is 0.837. The van der Waals surface area contributed by atoms with Gasteiger partial charge in [0.05, 0.1) is 0 Å². The molecule has 4 rings (SSSR count). The molecule has 3 nitrogen and oxygen atoms in total. The van der Waals surface area contributed by atoms with Gasteiger partial charge >= 0.3 is 0 Å². The monoisotopic (exact) mass is 460 g/mol. The first-order valence-electron chi connectivity index (χ1n) is 9.60. The average molecular weight is 462 g/mol. The van der Waals surface area contributed by atoms with E-state index in [1.165, 1.54) is 16.5 Å². The Kier molecular flexibility index (Phi) is 8.06. The van der Waals surface area contributed by atoms with Crippen LogP contribution in [0.4, 0.5) is 0 Å². The van der Waals surface area contributed by atoms with Gasteiger partial charge in [-0.2, -0.15) is 0 Å². The number of nitrogens with one attached hydrogen (secondary N) is 2. The Morgan fingerprint density at radius 2 is 1.63 bits per heavy atom. The van der Waals surface area contributed by atoms with Crippen LogP contribution in [0.2, 0.25) is 10.0 Å². The van der Waals surface area contributed by atoms with E-state index in [0.29, 0.717) is 18.2 Å². The summed E-state index contributed by atoms with van der Waals surface area (Å²) in [5.41, 5.74) is 4.61. The lowest BCUT2D eigenvalue weighted by Crippen LogP contribution is -2.17. The van der Waals surface area contributed by atoms with Gasteiger partial charge in [0, 0.05) is 39.3 Å². The van der Waals surface area contributed by atoms with Gasteiger partial charge in [-0.1, -0.05) is 53.5 Å². The van der Waals surface area contributed by atoms with Crippen LogP contribution in [0.15, 0.2) is 72.9 Å². The molecule has 0 amide bonds. The second kappa shape index (κ2) is 10.7. The first-order chi connectivity index (χ1) is 14.2. The molecule has 0 spiro atoms. The fourth-order valence-electron chi connectivity index (χ4n) is 3.35. The Balaban J connectivity index is 0.00000256. The van der Waals surface area contributed by atoms with Crippen LogP contribution in [0.5, 0.6) is 5.75 Å². The van der Waals surface area contributed by atoms with Gasteiger partial charge in [-0.15, -0.1) is 12.4 Å². The number of halogens is 3. The van der Waals surface area contributed by atoms with E-state index in [1.54, 1.807) is 0 Å². The van der Waals surface area contributed by atoms with E-state index in [1.807, 2.05) is 48.5 Å². The minimum Gasteiger partial charge on any atom is -0.489 e. The van der Waals surface area contributed by atoms with Crippen LogP contribution in [0, 0.1) is 0 Å². The Morgan fingerprint density at radius 1 is 0.867 bits per heavy atom. The summed E-state index contributed by atoms with van der Waals surface area (Å²) in [6, 6.07) is 21.8. The van der Waals surface area contributed by atoms with E-state index in [2.05, 4.69) is 34.7 Å². The van der Waals surface area contributed by atoms with Crippen molar-refractivity contribution in [3.63, 3.8) is 0 Å². The van der Waals surface area contributed by atoms with Crippen LogP contribution in [-0.2, 0) is 19.6 Å². The zero-order valence-electron chi connectivity index (χ0n) is 16.3. The quantitative estimate of drug-likeness (QED) is 0.283. The number of aromatic amines is 1. The van der Waals surface area contributed by atoms with E-state index in [0.717, 1.165) is 34.9 Å². The maximum Gasteiger partial charge on any atom is 0.124 e. The highest BCUT2D eigenvalue weighted by molar-refractivity contribution is 6.30. The fraction of sp³-hybridized carbons (Fsp3) is 0.167. The highest BCUT2D eigenvalue weighted by Crippen LogP contribution is 2.24.